The summed E-state index contributed by atoms with van der Waals surface area (Å²) in [4.78, 5) is 8.29. The van der Waals surface area contributed by atoms with Crippen LogP contribution in [0.5, 0.6) is 0 Å². The standard InChI is InChI=1S/C10H10N4OS/c1-6-5-15-10(14-6)16-8-4-7(9(11)12)2-3-13-8/h2-5H,1H3,(H3,11,12). The molecular formula is C10H10N4OS. The maximum atomic E-state index is 7.32. The maximum Gasteiger partial charge on any atom is 0.262 e. The van der Waals surface area contributed by atoms with Crippen LogP contribution in [0.15, 0.2) is 39.3 Å². The van der Waals surface area contributed by atoms with E-state index in [0.29, 0.717) is 15.8 Å². The largest absolute Gasteiger partial charge is 0.439 e. The minimum atomic E-state index is 0.0211. The van der Waals surface area contributed by atoms with Crippen LogP contribution in [0.2, 0.25) is 0 Å². The van der Waals surface area contributed by atoms with E-state index in [1.807, 2.05) is 6.92 Å². The third kappa shape index (κ3) is 2.40. The van der Waals surface area contributed by atoms with Crippen LogP contribution in [0.25, 0.3) is 0 Å². The van der Waals surface area contributed by atoms with Gasteiger partial charge in [-0.2, -0.15) is 0 Å². The highest BCUT2D eigenvalue weighted by molar-refractivity contribution is 7.99. The number of aryl methyl sites for hydroxylation is 1. The molecule has 0 saturated carbocycles. The van der Waals surface area contributed by atoms with Gasteiger partial charge in [0, 0.05) is 11.8 Å². The lowest BCUT2D eigenvalue weighted by Gasteiger charge is -1.99. The van der Waals surface area contributed by atoms with Crippen molar-refractivity contribution in [2.45, 2.75) is 17.2 Å². The first kappa shape index (κ1) is 10.7. The van der Waals surface area contributed by atoms with Crippen molar-refractivity contribution in [2.75, 3.05) is 0 Å². The molecule has 5 nitrogen and oxygen atoms in total. The van der Waals surface area contributed by atoms with E-state index < -0.39 is 0 Å². The highest BCUT2D eigenvalue weighted by atomic mass is 32.2. The summed E-state index contributed by atoms with van der Waals surface area (Å²) in [5.74, 6) is 0.0211. The number of hydrogen-bond donors (Lipinski definition) is 2. The lowest BCUT2D eigenvalue weighted by atomic mass is 10.2. The van der Waals surface area contributed by atoms with Crippen LogP contribution in [0, 0.1) is 12.3 Å². The van der Waals surface area contributed by atoms with Crippen LogP contribution in [0.4, 0.5) is 0 Å². The van der Waals surface area contributed by atoms with Gasteiger partial charge in [-0.15, -0.1) is 0 Å². The number of nitrogens with two attached hydrogens (primary N) is 1. The lowest BCUT2D eigenvalue weighted by molar-refractivity contribution is 0.454. The minimum Gasteiger partial charge on any atom is -0.439 e. The Kier molecular flexibility index (Phi) is 2.91. The Morgan fingerprint density at radius 3 is 3.00 bits per heavy atom. The van der Waals surface area contributed by atoms with Gasteiger partial charge in [0.05, 0.1) is 5.69 Å². The molecule has 16 heavy (non-hydrogen) atoms. The van der Waals surface area contributed by atoms with Crippen LogP contribution in [-0.4, -0.2) is 15.8 Å². The molecule has 0 unspecified atom stereocenters. The fourth-order valence-corrected chi connectivity index (χ4v) is 1.87. The van der Waals surface area contributed by atoms with Crippen molar-refractivity contribution in [2.24, 2.45) is 5.73 Å². The Labute approximate surface area is 96.6 Å². The van der Waals surface area contributed by atoms with E-state index in [9.17, 15) is 0 Å². The molecule has 6 heteroatoms. The zero-order valence-electron chi connectivity index (χ0n) is 8.60. The van der Waals surface area contributed by atoms with Gasteiger partial charge >= 0.3 is 0 Å². The van der Waals surface area contributed by atoms with Crippen LogP contribution < -0.4 is 5.73 Å². The number of amidine groups is 1. The van der Waals surface area contributed by atoms with Gasteiger partial charge in [0.25, 0.3) is 5.22 Å². The third-order valence-corrected chi connectivity index (χ3v) is 2.63. The summed E-state index contributed by atoms with van der Waals surface area (Å²) in [6, 6.07) is 3.42. The molecule has 0 saturated heterocycles. The van der Waals surface area contributed by atoms with Crippen molar-refractivity contribution in [3.63, 3.8) is 0 Å². The van der Waals surface area contributed by atoms with Gasteiger partial charge in [-0.25, -0.2) is 9.97 Å². The van der Waals surface area contributed by atoms with Crippen molar-refractivity contribution in [1.82, 2.24) is 9.97 Å². The summed E-state index contributed by atoms with van der Waals surface area (Å²) in [6.45, 7) is 1.85. The van der Waals surface area contributed by atoms with Gasteiger partial charge < -0.3 is 10.2 Å². The maximum absolute atomic E-state index is 7.32. The minimum absolute atomic E-state index is 0.0211. The fourth-order valence-electron chi connectivity index (χ4n) is 1.10. The summed E-state index contributed by atoms with van der Waals surface area (Å²) < 4.78 is 5.20. The molecule has 0 aliphatic rings. The Morgan fingerprint density at radius 2 is 2.38 bits per heavy atom. The van der Waals surface area contributed by atoms with Gasteiger partial charge in [0.15, 0.2) is 0 Å². The van der Waals surface area contributed by atoms with Crippen molar-refractivity contribution in [1.29, 1.82) is 5.41 Å². The fraction of sp³-hybridized carbons (Fsp3) is 0.100. The number of hydrogen-bond acceptors (Lipinski definition) is 5. The highest BCUT2D eigenvalue weighted by Gasteiger charge is 2.06. The SMILES string of the molecule is Cc1coc(Sc2cc(C(=N)N)ccn2)n1. The second-order valence-electron chi connectivity index (χ2n) is 3.15. The van der Waals surface area contributed by atoms with Gasteiger partial charge in [-0.05, 0) is 30.8 Å². The topological polar surface area (TPSA) is 88.8 Å². The van der Waals surface area contributed by atoms with Crippen LogP contribution in [-0.2, 0) is 0 Å². The monoisotopic (exact) mass is 234 g/mol. The van der Waals surface area contributed by atoms with E-state index in [2.05, 4.69) is 9.97 Å². The molecule has 2 aromatic rings. The molecule has 2 heterocycles. The predicted octanol–water partition coefficient (Wildman–Crippen LogP) is 1.81. The Bertz CT molecular complexity index is 523. The van der Waals surface area contributed by atoms with Gasteiger partial charge in [-0.1, -0.05) is 0 Å². The molecular weight excluding hydrogens is 224 g/mol. The number of nitrogens with one attached hydrogen (secondary N) is 1. The first-order valence-corrected chi connectivity index (χ1v) is 5.37. The van der Waals surface area contributed by atoms with Crippen LogP contribution >= 0.6 is 11.8 Å². The number of rotatable bonds is 3. The smallest absolute Gasteiger partial charge is 0.262 e. The normalized spacial score (nSPS) is 10.3. The average molecular weight is 234 g/mol. The molecule has 0 fully saturated rings. The van der Waals surface area contributed by atoms with Crippen LogP contribution in [0.3, 0.4) is 0 Å². The van der Waals surface area contributed by atoms with Crippen molar-refractivity contribution in [3.8, 4) is 0 Å². The molecule has 0 aliphatic heterocycles. The Morgan fingerprint density at radius 1 is 1.56 bits per heavy atom. The molecule has 0 atom stereocenters. The average Bonchev–Trinajstić information content (AvgIpc) is 2.64. The van der Waals surface area contributed by atoms with E-state index in [0.717, 1.165) is 5.69 Å². The second-order valence-corrected chi connectivity index (χ2v) is 4.12. The van der Waals surface area contributed by atoms with Gasteiger partial charge in [0.2, 0.25) is 0 Å². The summed E-state index contributed by atoms with van der Waals surface area (Å²) in [6.07, 6.45) is 3.19. The summed E-state index contributed by atoms with van der Waals surface area (Å²) in [5, 5.41) is 8.55. The Balaban J connectivity index is 2.21. The lowest BCUT2D eigenvalue weighted by Crippen LogP contribution is -2.10. The summed E-state index contributed by atoms with van der Waals surface area (Å²) >= 11 is 1.30. The zero-order chi connectivity index (χ0) is 11.5. The van der Waals surface area contributed by atoms with Crippen molar-refractivity contribution < 1.29 is 4.42 Å². The number of nitrogen functional groups attached to an aromatic ring is 1. The molecule has 0 bridgehead atoms. The first-order chi connectivity index (χ1) is 7.65. The highest BCUT2D eigenvalue weighted by Crippen LogP contribution is 2.25. The number of oxazole rings is 1. The zero-order valence-corrected chi connectivity index (χ0v) is 9.41. The summed E-state index contributed by atoms with van der Waals surface area (Å²) in [5.41, 5.74) is 6.85. The molecule has 0 aliphatic carbocycles. The van der Waals surface area contributed by atoms with E-state index in [1.165, 1.54) is 11.8 Å². The van der Waals surface area contributed by atoms with Crippen molar-refractivity contribution >= 4 is 17.6 Å². The Hall–Kier alpha value is -1.82. The molecule has 3 N–H and O–H groups in total. The molecule has 2 aromatic heterocycles. The number of pyridine rings is 1. The molecule has 0 aromatic carbocycles. The van der Waals surface area contributed by atoms with Gasteiger partial charge in [-0.3, -0.25) is 5.41 Å². The van der Waals surface area contributed by atoms with Gasteiger partial charge in [0.1, 0.15) is 17.1 Å². The molecule has 0 spiro atoms. The third-order valence-electron chi connectivity index (χ3n) is 1.84. The number of nitrogens with zero attached hydrogens (tertiary/aromatic N) is 2. The molecule has 2 rings (SSSR count). The quantitative estimate of drug-likeness (QED) is 0.624. The first-order valence-electron chi connectivity index (χ1n) is 4.55. The second kappa shape index (κ2) is 4.36. The number of aromatic nitrogens is 2. The van der Waals surface area contributed by atoms with E-state index in [4.69, 9.17) is 15.6 Å². The molecule has 82 valence electrons. The van der Waals surface area contributed by atoms with E-state index >= 15 is 0 Å². The van der Waals surface area contributed by atoms with E-state index in [1.54, 1.807) is 24.6 Å². The van der Waals surface area contributed by atoms with E-state index in [-0.39, 0.29) is 5.84 Å². The molecule has 0 amide bonds. The molecule has 0 radical (unpaired) electrons. The van der Waals surface area contributed by atoms with Crippen molar-refractivity contribution in [3.05, 3.63) is 35.9 Å². The predicted molar refractivity (Wildman–Crippen MR) is 60.6 cm³/mol. The summed E-state index contributed by atoms with van der Waals surface area (Å²) in [7, 11) is 0. The van der Waals surface area contributed by atoms with Crippen LogP contribution in [0.1, 0.15) is 11.3 Å².